The van der Waals surface area contributed by atoms with Gasteiger partial charge < -0.3 is 4.74 Å². The Kier molecular flexibility index (Phi) is 3.46. The van der Waals surface area contributed by atoms with Crippen LogP contribution >= 0.6 is 10.7 Å². The predicted octanol–water partition coefficient (Wildman–Crippen LogP) is 1.68. The van der Waals surface area contributed by atoms with Crippen LogP contribution in [0.3, 0.4) is 0 Å². The molecule has 6 nitrogen and oxygen atoms in total. The number of rotatable bonds is 3. The van der Waals surface area contributed by atoms with E-state index in [0.29, 0.717) is 11.4 Å². The quantitative estimate of drug-likeness (QED) is 0.805. The molecule has 0 radical (unpaired) electrons. The van der Waals surface area contributed by atoms with E-state index in [4.69, 9.17) is 20.7 Å². The van der Waals surface area contributed by atoms with E-state index in [0.717, 1.165) is 10.9 Å². The Labute approximate surface area is 114 Å². The van der Waals surface area contributed by atoms with Crippen molar-refractivity contribution in [1.82, 2.24) is 9.78 Å². The van der Waals surface area contributed by atoms with Gasteiger partial charge in [-0.05, 0) is 12.1 Å². The highest BCUT2D eigenvalue weighted by atomic mass is 35.7. The number of benzene rings is 1. The van der Waals surface area contributed by atoms with Gasteiger partial charge in [-0.3, -0.25) is 0 Å². The van der Waals surface area contributed by atoms with Gasteiger partial charge in [-0.25, -0.2) is 13.1 Å². The molecule has 0 unspecified atom stereocenters. The average Bonchev–Trinajstić information content (AvgIpc) is 2.82. The zero-order chi connectivity index (χ0) is 14.0. The normalized spacial score (nSPS) is 11.0. The third-order valence-electron chi connectivity index (χ3n) is 2.37. The number of hydrogen-bond acceptors (Lipinski definition) is 5. The van der Waals surface area contributed by atoms with E-state index in [9.17, 15) is 8.42 Å². The van der Waals surface area contributed by atoms with Crippen LogP contribution in [0, 0.1) is 11.3 Å². The summed E-state index contributed by atoms with van der Waals surface area (Å²) in [6.07, 6.45) is 1.15. The van der Waals surface area contributed by atoms with Gasteiger partial charge in [0.25, 0.3) is 9.05 Å². The molecule has 0 spiro atoms. The van der Waals surface area contributed by atoms with Gasteiger partial charge in [0.1, 0.15) is 17.4 Å². The SMILES string of the molecule is COc1cccc(-n2ncc(C#N)c2S(=O)(=O)Cl)c1. The van der Waals surface area contributed by atoms with E-state index in [1.807, 2.05) is 0 Å². The van der Waals surface area contributed by atoms with Crippen LogP contribution in [-0.4, -0.2) is 25.3 Å². The molecule has 1 aromatic carbocycles. The Morgan fingerprint density at radius 3 is 2.79 bits per heavy atom. The first-order valence-electron chi connectivity index (χ1n) is 5.04. The molecule has 0 saturated heterocycles. The second-order valence-electron chi connectivity index (χ2n) is 3.53. The van der Waals surface area contributed by atoms with Crippen molar-refractivity contribution in [2.45, 2.75) is 5.03 Å². The van der Waals surface area contributed by atoms with Gasteiger partial charge in [0, 0.05) is 16.7 Å². The van der Waals surface area contributed by atoms with Crippen LogP contribution in [0.2, 0.25) is 0 Å². The van der Waals surface area contributed by atoms with Crippen molar-refractivity contribution in [2.75, 3.05) is 7.11 Å². The molecule has 0 N–H and O–H groups in total. The summed E-state index contributed by atoms with van der Waals surface area (Å²) in [5, 5.41) is 12.4. The first-order chi connectivity index (χ1) is 8.97. The standard InChI is InChI=1S/C11H8ClN3O3S/c1-18-10-4-2-3-9(5-10)15-11(19(12,16)17)8(6-13)7-14-15/h2-5,7H,1H3. The van der Waals surface area contributed by atoms with Crippen LogP contribution in [0.15, 0.2) is 35.5 Å². The van der Waals surface area contributed by atoms with Gasteiger partial charge in [0.05, 0.1) is 19.0 Å². The third kappa shape index (κ3) is 2.54. The van der Waals surface area contributed by atoms with Gasteiger partial charge in [-0.15, -0.1) is 0 Å². The molecule has 98 valence electrons. The molecule has 0 atom stereocenters. The van der Waals surface area contributed by atoms with E-state index < -0.39 is 9.05 Å². The fourth-order valence-electron chi connectivity index (χ4n) is 1.57. The van der Waals surface area contributed by atoms with Gasteiger partial charge in [0.15, 0.2) is 5.03 Å². The number of methoxy groups -OCH3 is 1. The smallest absolute Gasteiger partial charge is 0.280 e. The maximum Gasteiger partial charge on any atom is 0.280 e. The van der Waals surface area contributed by atoms with Crippen LogP contribution in [0.25, 0.3) is 5.69 Å². The van der Waals surface area contributed by atoms with Crippen molar-refractivity contribution in [2.24, 2.45) is 0 Å². The van der Waals surface area contributed by atoms with E-state index in [1.54, 1.807) is 30.3 Å². The Balaban J connectivity index is 2.70. The first-order valence-corrected chi connectivity index (χ1v) is 7.35. The van der Waals surface area contributed by atoms with E-state index in [-0.39, 0.29) is 10.6 Å². The van der Waals surface area contributed by atoms with Gasteiger partial charge in [-0.2, -0.15) is 10.4 Å². The number of aromatic nitrogens is 2. The molecule has 2 aromatic rings. The summed E-state index contributed by atoms with van der Waals surface area (Å²) in [6, 6.07) is 8.33. The third-order valence-corrected chi connectivity index (χ3v) is 3.67. The number of hydrogen-bond donors (Lipinski definition) is 0. The van der Waals surface area contributed by atoms with E-state index in [1.165, 1.54) is 7.11 Å². The van der Waals surface area contributed by atoms with E-state index in [2.05, 4.69) is 5.10 Å². The lowest BCUT2D eigenvalue weighted by Gasteiger charge is -2.07. The Morgan fingerprint density at radius 1 is 1.47 bits per heavy atom. The van der Waals surface area contributed by atoms with Crippen LogP contribution < -0.4 is 4.74 Å². The molecular formula is C11H8ClN3O3S. The van der Waals surface area contributed by atoms with E-state index >= 15 is 0 Å². The summed E-state index contributed by atoms with van der Waals surface area (Å²) < 4.78 is 29.2. The van der Waals surface area contributed by atoms with Gasteiger partial charge in [-0.1, -0.05) is 6.07 Å². The molecule has 0 aliphatic rings. The van der Waals surface area contributed by atoms with Crippen molar-refractivity contribution < 1.29 is 13.2 Å². The lowest BCUT2D eigenvalue weighted by atomic mass is 10.3. The minimum atomic E-state index is -4.09. The second-order valence-corrected chi connectivity index (χ2v) is 6.01. The van der Waals surface area contributed by atoms with Crippen molar-refractivity contribution in [3.63, 3.8) is 0 Å². The summed E-state index contributed by atoms with van der Waals surface area (Å²) >= 11 is 0. The summed E-state index contributed by atoms with van der Waals surface area (Å²) in [7, 11) is 2.74. The zero-order valence-electron chi connectivity index (χ0n) is 9.74. The van der Waals surface area contributed by atoms with Crippen molar-refractivity contribution in [1.29, 1.82) is 5.26 Å². The number of ether oxygens (including phenoxy) is 1. The molecule has 19 heavy (non-hydrogen) atoms. The lowest BCUT2D eigenvalue weighted by Crippen LogP contribution is -2.06. The summed E-state index contributed by atoms with van der Waals surface area (Å²) in [4.78, 5) is 0. The Bertz CT molecular complexity index is 762. The molecule has 0 aliphatic carbocycles. The van der Waals surface area contributed by atoms with Gasteiger partial charge >= 0.3 is 0 Å². The fourth-order valence-corrected chi connectivity index (χ4v) is 2.74. The van der Waals surface area contributed by atoms with Crippen molar-refractivity contribution >= 4 is 19.7 Å². The summed E-state index contributed by atoms with van der Waals surface area (Å²) in [5.41, 5.74) is 0.317. The summed E-state index contributed by atoms with van der Waals surface area (Å²) in [6.45, 7) is 0. The zero-order valence-corrected chi connectivity index (χ0v) is 11.3. The van der Waals surface area contributed by atoms with Crippen LogP contribution in [-0.2, 0) is 9.05 Å². The van der Waals surface area contributed by atoms with Crippen LogP contribution in [0.1, 0.15) is 5.56 Å². The van der Waals surface area contributed by atoms with Crippen molar-refractivity contribution in [3.8, 4) is 17.5 Å². The molecule has 0 saturated carbocycles. The van der Waals surface area contributed by atoms with Gasteiger partial charge in [0.2, 0.25) is 0 Å². The highest BCUT2D eigenvalue weighted by molar-refractivity contribution is 8.13. The highest BCUT2D eigenvalue weighted by Gasteiger charge is 2.23. The second kappa shape index (κ2) is 4.91. The molecule has 0 fully saturated rings. The average molecular weight is 298 g/mol. The predicted molar refractivity (Wildman–Crippen MR) is 67.9 cm³/mol. The molecule has 8 heteroatoms. The fraction of sp³-hybridized carbons (Fsp3) is 0.0909. The first kappa shape index (κ1) is 13.4. The maximum absolute atomic E-state index is 11.5. The largest absolute Gasteiger partial charge is 0.497 e. The Hall–Kier alpha value is -2.04. The number of halogens is 1. The number of nitriles is 1. The topological polar surface area (TPSA) is 85.0 Å². The maximum atomic E-state index is 11.5. The molecular weight excluding hydrogens is 290 g/mol. The molecule has 0 amide bonds. The minimum absolute atomic E-state index is 0.113. The monoisotopic (exact) mass is 297 g/mol. The lowest BCUT2D eigenvalue weighted by molar-refractivity contribution is 0.414. The molecule has 0 aliphatic heterocycles. The van der Waals surface area contributed by atoms with Crippen LogP contribution in [0.5, 0.6) is 5.75 Å². The molecule has 1 aromatic heterocycles. The molecule has 1 heterocycles. The Morgan fingerprint density at radius 2 is 2.21 bits per heavy atom. The molecule has 0 bridgehead atoms. The minimum Gasteiger partial charge on any atom is -0.497 e. The number of nitrogens with zero attached hydrogens (tertiary/aromatic N) is 3. The highest BCUT2D eigenvalue weighted by Crippen LogP contribution is 2.24. The van der Waals surface area contributed by atoms with Crippen LogP contribution in [0.4, 0.5) is 0 Å². The molecule has 2 rings (SSSR count). The van der Waals surface area contributed by atoms with Crippen molar-refractivity contribution in [3.05, 3.63) is 36.0 Å². The summed E-state index contributed by atoms with van der Waals surface area (Å²) in [5.74, 6) is 0.532.